The minimum atomic E-state index is -0.0924. The molecule has 0 aromatic heterocycles. The number of nitrogens with one attached hydrogen (secondary N) is 1. The fraction of sp³-hybridized carbons (Fsp3) is 0.333. The van der Waals surface area contributed by atoms with E-state index in [1.165, 1.54) is 22.2 Å². The number of amides is 2. The van der Waals surface area contributed by atoms with Crippen molar-refractivity contribution >= 4 is 40.4 Å². The van der Waals surface area contributed by atoms with Gasteiger partial charge < -0.3 is 10.2 Å². The highest BCUT2D eigenvalue weighted by atomic mass is 32.2. The third-order valence-electron chi connectivity index (χ3n) is 3.81. The van der Waals surface area contributed by atoms with Gasteiger partial charge in [-0.1, -0.05) is 45.0 Å². The number of hydrogen-bond acceptors (Lipinski definition) is 4. The summed E-state index contributed by atoms with van der Waals surface area (Å²) in [6.45, 7) is 6.54. The van der Waals surface area contributed by atoms with E-state index in [1.54, 1.807) is 14.1 Å². The largest absolute Gasteiger partial charge is 0.339 e. The quantitative estimate of drug-likeness (QED) is 0.672. The molecule has 0 bridgehead atoms. The number of para-hydroxylation sites is 1. The molecule has 0 unspecified atom stereocenters. The van der Waals surface area contributed by atoms with Gasteiger partial charge in [0.2, 0.25) is 5.91 Å². The SMILES string of the molecule is CN(C)C(=O)Sc1ccccc1NC(=O)CSc1ccc(C(C)(C)C)cc1. The molecule has 0 saturated heterocycles. The molecule has 0 radical (unpaired) electrons. The fourth-order valence-electron chi connectivity index (χ4n) is 2.23. The van der Waals surface area contributed by atoms with Crippen LogP contribution in [-0.2, 0) is 10.2 Å². The Balaban J connectivity index is 1.95. The van der Waals surface area contributed by atoms with Crippen molar-refractivity contribution < 1.29 is 9.59 Å². The molecule has 2 aromatic rings. The molecule has 0 aliphatic heterocycles. The van der Waals surface area contributed by atoms with Gasteiger partial charge in [0.15, 0.2) is 0 Å². The Morgan fingerprint density at radius 2 is 1.63 bits per heavy atom. The summed E-state index contributed by atoms with van der Waals surface area (Å²) in [7, 11) is 3.41. The van der Waals surface area contributed by atoms with Crippen molar-refractivity contribution in [1.29, 1.82) is 0 Å². The normalized spacial score (nSPS) is 11.1. The van der Waals surface area contributed by atoms with E-state index in [1.807, 2.05) is 24.3 Å². The lowest BCUT2D eigenvalue weighted by molar-refractivity contribution is -0.113. The number of hydrogen-bond donors (Lipinski definition) is 1. The summed E-state index contributed by atoms with van der Waals surface area (Å²) in [5.74, 6) is 0.223. The Bertz CT molecular complexity index is 797. The molecule has 0 saturated carbocycles. The number of anilines is 1. The van der Waals surface area contributed by atoms with Gasteiger partial charge in [-0.15, -0.1) is 11.8 Å². The zero-order valence-corrected chi connectivity index (χ0v) is 18.0. The first-order chi connectivity index (χ1) is 12.7. The second-order valence-corrected chi connectivity index (χ2v) is 9.41. The number of thioether (sulfide) groups is 2. The van der Waals surface area contributed by atoms with E-state index in [0.717, 1.165) is 21.6 Å². The van der Waals surface area contributed by atoms with Crippen LogP contribution in [0.25, 0.3) is 0 Å². The van der Waals surface area contributed by atoms with Crippen LogP contribution in [0.5, 0.6) is 0 Å². The number of nitrogens with zero attached hydrogens (tertiary/aromatic N) is 1. The van der Waals surface area contributed by atoms with Crippen molar-refractivity contribution in [3.05, 3.63) is 54.1 Å². The van der Waals surface area contributed by atoms with Crippen LogP contribution in [0.2, 0.25) is 0 Å². The number of carbonyl (C=O) groups excluding carboxylic acids is 2. The van der Waals surface area contributed by atoms with Gasteiger partial charge in [0.1, 0.15) is 0 Å². The molecule has 27 heavy (non-hydrogen) atoms. The molecule has 4 nitrogen and oxygen atoms in total. The third kappa shape index (κ3) is 6.63. The average molecular weight is 403 g/mol. The van der Waals surface area contributed by atoms with Gasteiger partial charge in [-0.3, -0.25) is 9.59 Å². The van der Waals surface area contributed by atoms with Crippen molar-refractivity contribution in [2.75, 3.05) is 25.2 Å². The molecule has 2 amide bonds. The maximum Gasteiger partial charge on any atom is 0.286 e. The summed E-state index contributed by atoms with van der Waals surface area (Å²) >= 11 is 2.60. The Kier molecular flexibility index (Phi) is 7.39. The van der Waals surface area contributed by atoms with Crippen LogP contribution >= 0.6 is 23.5 Å². The molecule has 2 rings (SSSR count). The second kappa shape index (κ2) is 9.33. The molecule has 1 N–H and O–H groups in total. The molecule has 0 fully saturated rings. The van der Waals surface area contributed by atoms with Gasteiger partial charge in [-0.2, -0.15) is 0 Å². The fourth-order valence-corrected chi connectivity index (χ4v) is 3.68. The van der Waals surface area contributed by atoms with E-state index in [2.05, 4.69) is 50.4 Å². The molecule has 0 atom stereocenters. The zero-order valence-electron chi connectivity index (χ0n) is 16.4. The number of rotatable bonds is 5. The van der Waals surface area contributed by atoms with Crippen LogP contribution in [0.15, 0.2) is 58.3 Å². The lowest BCUT2D eigenvalue weighted by atomic mass is 9.87. The standard InChI is InChI=1S/C21H26N2O2S2/c1-21(2,3)15-10-12-16(13-11-15)26-14-19(24)22-17-8-6-7-9-18(17)27-20(25)23(4)5/h6-13H,14H2,1-5H3,(H,22,24). The molecule has 0 aliphatic carbocycles. The Morgan fingerprint density at radius 1 is 1.00 bits per heavy atom. The number of benzene rings is 2. The Labute approximate surface area is 170 Å². The topological polar surface area (TPSA) is 49.4 Å². The highest BCUT2D eigenvalue weighted by molar-refractivity contribution is 8.13. The third-order valence-corrected chi connectivity index (χ3v) is 5.94. The van der Waals surface area contributed by atoms with Gasteiger partial charge >= 0.3 is 0 Å². The van der Waals surface area contributed by atoms with E-state index in [4.69, 9.17) is 0 Å². The van der Waals surface area contributed by atoms with E-state index in [-0.39, 0.29) is 16.6 Å². The van der Waals surface area contributed by atoms with E-state index in [9.17, 15) is 9.59 Å². The van der Waals surface area contributed by atoms with Crippen molar-refractivity contribution in [2.45, 2.75) is 36.0 Å². The summed E-state index contributed by atoms with van der Waals surface area (Å²) in [5.41, 5.74) is 2.05. The second-order valence-electron chi connectivity index (χ2n) is 7.37. The highest BCUT2D eigenvalue weighted by Crippen LogP contribution is 2.29. The summed E-state index contributed by atoms with van der Waals surface area (Å²) in [6.07, 6.45) is 0. The Hall–Kier alpha value is -1.92. The van der Waals surface area contributed by atoms with E-state index in [0.29, 0.717) is 11.4 Å². The number of carbonyl (C=O) groups is 2. The molecule has 2 aromatic carbocycles. The minimum Gasteiger partial charge on any atom is -0.339 e. The van der Waals surface area contributed by atoms with Crippen LogP contribution in [0.3, 0.4) is 0 Å². The molecule has 0 heterocycles. The van der Waals surface area contributed by atoms with Crippen molar-refractivity contribution in [1.82, 2.24) is 4.90 Å². The summed E-state index contributed by atoms with van der Waals surface area (Å²) in [6, 6.07) is 15.7. The van der Waals surface area contributed by atoms with Crippen LogP contribution < -0.4 is 5.32 Å². The molecule has 0 spiro atoms. The Morgan fingerprint density at radius 3 is 2.22 bits per heavy atom. The lowest BCUT2D eigenvalue weighted by Gasteiger charge is -2.19. The maximum absolute atomic E-state index is 12.3. The minimum absolute atomic E-state index is 0.0787. The van der Waals surface area contributed by atoms with Crippen LogP contribution in [0.1, 0.15) is 26.3 Å². The van der Waals surface area contributed by atoms with Crippen LogP contribution in [0, 0.1) is 0 Å². The first kappa shape index (κ1) is 21.4. The first-order valence-electron chi connectivity index (χ1n) is 8.68. The van der Waals surface area contributed by atoms with Gasteiger partial charge in [-0.25, -0.2) is 0 Å². The summed E-state index contributed by atoms with van der Waals surface area (Å²) < 4.78 is 0. The summed E-state index contributed by atoms with van der Waals surface area (Å²) in [4.78, 5) is 27.6. The monoisotopic (exact) mass is 402 g/mol. The predicted molar refractivity (Wildman–Crippen MR) is 116 cm³/mol. The summed E-state index contributed by atoms with van der Waals surface area (Å²) in [5, 5.41) is 2.83. The zero-order chi connectivity index (χ0) is 20.0. The van der Waals surface area contributed by atoms with Crippen molar-refractivity contribution in [3.63, 3.8) is 0 Å². The van der Waals surface area contributed by atoms with E-state index < -0.39 is 0 Å². The molecule has 6 heteroatoms. The van der Waals surface area contributed by atoms with Crippen LogP contribution in [0.4, 0.5) is 10.5 Å². The van der Waals surface area contributed by atoms with Gasteiger partial charge in [0, 0.05) is 23.9 Å². The smallest absolute Gasteiger partial charge is 0.286 e. The molecular formula is C21H26N2O2S2. The molecule has 0 aliphatic rings. The van der Waals surface area contributed by atoms with Crippen molar-refractivity contribution in [3.8, 4) is 0 Å². The predicted octanol–water partition coefficient (Wildman–Crippen LogP) is 5.49. The highest BCUT2D eigenvalue weighted by Gasteiger charge is 2.14. The van der Waals surface area contributed by atoms with Crippen LogP contribution in [-0.4, -0.2) is 35.9 Å². The average Bonchev–Trinajstić information content (AvgIpc) is 2.61. The van der Waals surface area contributed by atoms with Crippen molar-refractivity contribution in [2.24, 2.45) is 0 Å². The lowest BCUT2D eigenvalue weighted by Crippen LogP contribution is -2.17. The molecule has 144 valence electrons. The van der Waals surface area contributed by atoms with Gasteiger partial charge in [0.05, 0.1) is 11.4 Å². The van der Waals surface area contributed by atoms with E-state index >= 15 is 0 Å². The van der Waals surface area contributed by atoms with Gasteiger partial charge in [0.25, 0.3) is 5.24 Å². The maximum atomic E-state index is 12.3. The molecular weight excluding hydrogens is 376 g/mol. The van der Waals surface area contributed by atoms with Gasteiger partial charge in [-0.05, 0) is 47.0 Å². The first-order valence-corrected chi connectivity index (χ1v) is 10.5.